The van der Waals surface area contributed by atoms with Gasteiger partial charge in [-0.15, -0.1) is 0 Å². The quantitative estimate of drug-likeness (QED) is 0.842. The average Bonchev–Trinajstić information content (AvgIpc) is 2.60. The molecule has 1 saturated heterocycles. The molecule has 1 fully saturated rings. The number of benzene rings is 1. The molecule has 136 valence electrons. The van der Waals surface area contributed by atoms with Gasteiger partial charge in [-0.25, -0.2) is 9.18 Å². The zero-order valence-corrected chi connectivity index (χ0v) is 14.2. The van der Waals surface area contributed by atoms with Crippen molar-refractivity contribution in [1.82, 2.24) is 9.88 Å². The summed E-state index contributed by atoms with van der Waals surface area (Å²) in [6.45, 7) is 4.23. The highest BCUT2D eigenvalue weighted by molar-refractivity contribution is 6.13. The lowest BCUT2D eigenvalue weighted by Crippen LogP contribution is -2.44. The van der Waals surface area contributed by atoms with Crippen molar-refractivity contribution in [3.8, 4) is 0 Å². The second-order valence-electron chi connectivity index (χ2n) is 6.78. The van der Waals surface area contributed by atoms with Gasteiger partial charge in [0.2, 0.25) is 5.43 Å². The summed E-state index contributed by atoms with van der Waals surface area (Å²) in [7, 11) is 0. The number of anilines is 1. The van der Waals surface area contributed by atoms with Crippen molar-refractivity contribution in [3.63, 3.8) is 0 Å². The van der Waals surface area contributed by atoms with Gasteiger partial charge in [0, 0.05) is 44.8 Å². The van der Waals surface area contributed by atoms with Crippen LogP contribution in [0.2, 0.25) is 0 Å². The zero-order valence-electron chi connectivity index (χ0n) is 14.2. The minimum Gasteiger partial charge on any atom is -0.477 e. The number of ketones is 1. The maximum atomic E-state index is 15.0. The molecule has 1 aromatic carbocycles. The number of nitrogens with one attached hydrogen (secondary N) is 1. The number of carbonyl (C=O) groups excluding carboxylic acids is 1. The number of halogens is 1. The van der Waals surface area contributed by atoms with Gasteiger partial charge in [-0.2, -0.15) is 0 Å². The minimum atomic E-state index is -1.36. The van der Waals surface area contributed by atoms with Crippen LogP contribution in [0.25, 0.3) is 10.9 Å². The number of carbonyl (C=O) groups is 2. The van der Waals surface area contributed by atoms with E-state index in [0.29, 0.717) is 31.7 Å². The van der Waals surface area contributed by atoms with Crippen LogP contribution in [0.1, 0.15) is 40.1 Å². The number of pyridine rings is 1. The number of Topliss-reactive ketones (excluding diaryl/α,β-unsaturated/α-hetero) is 1. The number of carboxylic acids is 1. The van der Waals surface area contributed by atoms with E-state index in [1.165, 1.54) is 6.20 Å². The Balaban J connectivity index is 2.12. The fraction of sp³-hybridized carbons (Fsp3) is 0.389. The lowest BCUT2D eigenvalue weighted by atomic mass is 9.92. The van der Waals surface area contributed by atoms with Crippen molar-refractivity contribution in [1.29, 1.82) is 0 Å². The van der Waals surface area contributed by atoms with Crippen molar-refractivity contribution in [2.45, 2.75) is 19.4 Å². The fourth-order valence-corrected chi connectivity index (χ4v) is 3.91. The number of rotatable bonds is 2. The Morgan fingerprint density at radius 3 is 2.65 bits per heavy atom. The molecule has 1 atom stereocenters. The highest BCUT2D eigenvalue weighted by atomic mass is 19.1. The number of carboxylic acid groups (broad SMARTS) is 1. The Morgan fingerprint density at radius 2 is 2.00 bits per heavy atom. The molecule has 3 heterocycles. The van der Waals surface area contributed by atoms with E-state index in [-0.39, 0.29) is 34.9 Å². The molecule has 0 saturated carbocycles. The van der Waals surface area contributed by atoms with Crippen molar-refractivity contribution in [2.75, 3.05) is 31.1 Å². The monoisotopic (exact) mass is 359 g/mol. The van der Waals surface area contributed by atoms with E-state index in [4.69, 9.17) is 0 Å². The van der Waals surface area contributed by atoms with E-state index >= 15 is 0 Å². The number of hydrogen-bond donors (Lipinski definition) is 2. The molecule has 8 heteroatoms. The van der Waals surface area contributed by atoms with Gasteiger partial charge in [0.25, 0.3) is 0 Å². The third kappa shape index (κ3) is 2.33. The normalized spacial score (nSPS) is 19.8. The SMILES string of the molecule is CC1CC(=O)c2c(N3CCNCC3)c(F)cc3c(=O)c(C(=O)O)cn1c23. The third-order valence-corrected chi connectivity index (χ3v) is 5.14. The minimum absolute atomic E-state index is 0.0591. The fourth-order valence-electron chi connectivity index (χ4n) is 3.91. The number of piperazine rings is 1. The second kappa shape index (κ2) is 5.91. The molecule has 2 aliphatic heterocycles. The van der Waals surface area contributed by atoms with Crippen LogP contribution in [0.3, 0.4) is 0 Å². The van der Waals surface area contributed by atoms with Gasteiger partial charge in [0.15, 0.2) is 5.78 Å². The maximum Gasteiger partial charge on any atom is 0.341 e. The summed E-state index contributed by atoms with van der Waals surface area (Å²) in [6, 6.07) is 0.768. The molecule has 2 aliphatic rings. The van der Waals surface area contributed by atoms with E-state index in [0.717, 1.165) is 6.07 Å². The van der Waals surface area contributed by atoms with E-state index in [2.05, 4.69) is 5.32 Å². The van der Waals surface area contributed by atoms with Crippen molar-refractivity contribution in [3.05, 3.63) is 39.4 Å². The smallest absolute Gasteiger partial charge is 0.341 e. The van der Waals surface area contributed by atoms with Gasteiger partial charge in [-0.3, -0.25) is 9.59 Å². The molecule has 1 aromatic heterocycles. The van der Waals surface area contributed by atoms with Gasteiger partial charge in [-0.1, -0.05) is 0 Å². The first-order valence-electron chi connectivity index (χ1n) is 8.53. The van der Waals surface area contributed by atoms with E-state index in [1.54, 1.807) is 11.5 Å². The number of nitrogens with zero attached hydrogens (tertiary/aromatic N) is 2. The predicted octanol–water partition coefficient (Wildman–Crippen LogP) is 1.40. The van der Waals surface area contributed by atoms with Gasteiger partial charge in [-0.05, 0) is 13.0 Å². The van der Waals surface area contributed by atoms with E-state index < -0.39 is 22.8 Å². The van der Waals surface area contributed by atoms with Crippen LogP contribution in [0.4, 0.5) is 10.1 Å². The lowest BCUT2D eigenvalue weighted by Gasteiger charge is -2.34. The zero-order chi connectivity index (χ0) is 18.6. The first-order chi connectivity index (χ1) is 12.4. The highest BCUT2D eigenvalue weighted by Crippen LogP contribution is 2.38. The van der Waals surface area contributed by atoms with Crippen LogP contribution < -0.4 is 15.6 Å². The summed E-state index contributed by atoms with van der Waals surface area (Å²) < 4.78 is 16.6. The number of hydrogen-bond acceptors (Lipinski definition) is 5. The summed E-state index contributed by atoms with van der Waals surface area (Å²) in [6.07, 6.45) is 1.40. The van der Waals surface area contributed by atoms with Crippen molar-refractivity contribution >= 4 is 28.3 Å². The standard InChI is InChI=1S/C18H18FN3O4/c1-9-6-13(23)14-15-10(17(24)11(18(25)26)8-22(9)15)7-12(19)16(14)21-4-2-20-3-5-21/h7-9,20H,2-6H2,1H3,(H,25,26). The van der Waals surface area contributed by atoms with Crippen LogP contribution in [-0.2, 0) is 0 Å². The van der Waals surface area contributed by atoms with Crippen LogP contribution in [0, 0.1) is 5.82 Å². The van der Waals surface area contributed by atoms with Crippen LogP contribution in [0.5, 0.6) is 0 Å². The molecule has 2 aromatic rings. The Labute approximate surface area is 148 Å². The van der Waals surface area contributed by atoms with Gasteiger partial charge < -0.3 is 19.9 Å². The summed E-state index contributed by atoms with van der Waals surface area (Å²) in [5.41, 5.74) is -0.448. The molecule has 0 radical (unpaired) electrons. The van der Waals surface area contributed by atoms with Crippen molar-refractivity contribution < 1.29 is 19.1 Å². The molecule has 0 bridgehead atoms. The molecule has 0 aliphatic carbocycles. The van der Waals surface area contributed by atoms with Crippen LogP contribution >= 0.6 is 0 Å². The Bertz CT molecular complexity index is 1010. The first-order valence-corrected chi connectivity index (χ1v) is 8.53. The first kappa shape index (κ1) is 16.7. The molecule has 7 nitrogen and oxygen atoms in total. The molecular weight excluding hydrogens is 341 g/mol. The summed E-state index contributed by atoms with van der Waals surface area (Å²) in [5, 5.41) is 12.4. The molecular formula is C18H18FN3O4. The molecule has 26 heavy (non-hydrogen) atoms. The Hall–Kier alpha value is -2.74. The number of aromatic carboxylic acids is 1. The predicted molar refractivity (Wildman–Crippen MR) is 93.9 cm³/mol. The molecule has 0 amide bonds. The maximum absolute atomic E-state index is 15.0. The summed E-state index contributed by atoms with van der Waals surface area (Å²) >= 11 is 0. The van der Waals surface area contributed by atoms with Gasteiger partial charge in [0.05, 0.1) is 22.2 Å². The second-order valence-corrected chi connectivity index (χ2v) is 6.78. The Morgan fingerprint density at radius 1 is 1.31 bits per heavy atom. The lowest BCUT2D eigenvalue weighted by molar-refractivity contribution is 0.0694. The van der Waals surface area contributed by atoms with Crippen LogP contribution in [-0.4, -0.2) is 47.6 Å². The average molecular weight is 359 g/mol. The molecule has 2 N–H and O–H groups in total. The van der Waals surface area contributed by atoms with Gasteiger partial charge >= 0.3 is 5.97 Å². The van der Waals surface area contributed by atoms with Crippen molar-refractivity contribution in [2.24, 2.45) is 0 Å². The topological polar surface area (TPSA) is 91.6 Å². The van der Waals surface area contributed by atoms with Crippen LogP contribution in [0.15, 0.2) is 17.1 Å². The summed E-state index contributed by atoms with van der Waals surface area (Å²) in [5.74, 6) is -2.25. The molecule has 4 rings (SSSR count). The van der Waals surface area contributed by atoms with E-state index in [9.17, 15) is 23.9 Å². The third-order valence-electron chi connectivity index (χ3n) is 5.14. The highest BCUT2D eigenvalue weighted by Gasteiger charge is 2.33. The molecule has 1 unspecified atom stereocenters. The number of aromatic nitrogens is 1. The molecule has 0 spiro atoms. The summed E-state index contributed by atoms with van der Waals surface area (Å²) in [4.78, 5) is 38.6. The van der Waals surface area contributed by atoms with E-state index in [1.807, 2.05) is 4.90 Å². The van der Waals surface area contributed by atoms with Gasteiger partial charge in [0.1, 0.15) is 11.4 Å². The largest absolute Gasteiger partial charge is 0.477 e. The Kier molecular flexibility index (Phi) is 3.80.